The van der Waals surface area contributed by atoms with Gasteiger partial charge in [0, 0.05) is 7.11 Å². The Morgan fingerprint density at radius 3 is 1.89 bits per heavy atom. The second-order valence-electron chi connectivity index (χ2n) is 9.10. The molecule has 44 heavy (non-hydrogen) atoms. The molecule has 16 heteroatoms. The van der Waals surface area contributed by atoms with Crippen molar-refractivity contribution in [3.05, 3.63) is 77.9 Å². The first-order valence-corrected chi connectivity index (χ1v) is 13.4. The fraction of sp³-hybridized carbons (Fsp3) is 0.393. The first-order valence-electron chi connectivity index (χ1n) is 13.4. The normalized spacial score (nSPS) is 13.0. The molecular weight excluding hydrogens is 584 g/mol. The third kappa shape index (κ3) is 9.52. The molecule has 0 bridgehead atoms. The molecule has 0 saturated carbocycles. The largest absolute Gasteiger partial charge is 0.481 e. The summed E-state index contributed by atoms with van der Waals surface area (Å²) in [6, 6.07) is 19.2. The number of unbranched alkanes of at least 4 members (excludes halogenated alkanes) is 1. The molecule has 0 radical (unpaired) electrons. The molecule has 16 nitrogen and oxygen atoms in total. The van der Waals surface area contributed by atoms with Gasteiger partial charge in [-0.25, -0.2) is 14.5 Å². The maximum atomic E-state index is 13.9. The summed E-state index contributed by atoms with van der Waals surface area (Å²) in [4.78, 5) is 31.6. The van der Waals surface area contributed by atoms with Gasteiger partial charge in [0.05, 0.1) is 37.7 Å². The second kappa shape index (κ2) is 17.4. The summed E-state index contributed by atoms with van der Waals surface area (Å²) in [5.41, 5.74) is -0.350. The Labute approximate surface area is 253 Å². The molecule has 0 fully saturated rings. The van der Waals surface area contributed by atoms with Gasteiger partial charge in [-0.15, -0.1) is 0 Å². The number of methoxy groups -OCH3 is 3. The summed E-state index contributed by atoms with van der Waals surface area (Å²) in [5, 5.41) is 34.3. The van der Waals surface area contributed by atoms with Gasteiger partial charge >= 0.3 is 12.0 Å². The van der Waals surface area contributed by atoms with Crippen molar-refractivity contribution in [1.29, 1.82) is 0 Å². The van der Waals surface area contributed by atoms with Crippen LogP contribution in [-0.2, 0) is 29.5 Å². The van der Waals surface area contributed by atoms with Gasteiger partial charge in [0.2, 0.25) is 17.9 Å². The minimum Gasteiger partial charge on any atom is -0.481 e. The highest BCUT2D eigenvalue weighted by Crippen LogP contribution is 2.39. The third-order valence-electron chi connectivity index (χ3n) is 6.39. The lowest BCUT2D eigenvalue weighted by Gasteiger charge is -2.38. The van der Waals surface area contributed by atoms with Crippen LogP contribution in [0.15, 0.2) is 66.7 Å². The summed E-state index contributed by atoms with van der Waals surface area (Å²) in [6.07, 6.45) is -1.64. The Bertz CT molecular complexity index is 1210. The summed E-state index contributed by atoms with van der Waals surface area (Å²) in [7, 11) is 4.27. The lowest BCUT2D eigenvalue weighted by Crippen LogP contribution is -2.51. The highest BCUT2D eigenvalue weighted by atomic mass is 17.1. The van der Waals surface area contributed by atoms with E-state index >= 15 is 0 Å². The molecule has 4 N–H and O–H groups in total. The molecule has 240 valence electrons. The van der Waals surface area contributed by atoms with Crippen LogP contribution in [0.25, 0.3) is 0 Å². The molecule has 2 aromatic carbocycles. The Hall–Kier alpha value is -3.97. The predicted octanol–water partition coefficient (Wildman–Crippen LogP) is 2.94. The molecule has 1 aromatic heterocycles. The van der Waals surface area contributed by atoms with E-state index in [9.17, 15) is 4.79 Å². The highest BCUT2D eigenvalue weighted by Gasteiger charge is 2.50. The van der Waals surface area contributed by atoms with Crippen LogP contribution in [0.1, 0.15) is 30.4 Å². The SMILES string of the molecule is COc1cc(OC)nc(O[C@H](C(=O)OCCCCC(CON(O)O)ON(O)O)C(OC)(c2ccccc2)c2ccccc2)n1. The van der Waals surface area contributed by atoms with Crippen molar-refractivity contribution < 1.29 is 59.0 Å². The van der Waals surface area contributed by atoms with Crippen molar-refractivity contribution in [3.8, 4) is 17.8 Å². The van der Waals surface area contributed by atoms with Gasteiger partial charge in [0.25, 0.3) is 0 Å². The molecule has 1 heterocycles. The Morgan fingerprint density at radius 1 is 0.841 bits per heavy atom. The van der Waals surface area contributed by atoms with E-state index < -0.39 is 41.2 Å². The van der Waals surface area contributed by atoms with E-state index in [1.165, 1.54) is 27.4 Å². The molecule has 3 aromatic rings. The van der Waals surface area contributed by atoms with Crippen molar-refractivity contribution in [3.63, 3.8) is 0 Å². The molecule has 0 aliphatic heterocycles. The fourth-order valence-electron chi connectivity index (χ4n) is 4.40. The molecule has 0 saturated heterocycles. The third-order valence-corrected chi connectivity index (χ3v) is 6.39. The van der Waals surface area contributed by atoms with Gasteiger partial charge in [0.15, 0.2) is 5.60 Å². The number of aromatic nitrogens is 2. The van der Waals surface area contributed by atoms with Crippen molar-refractivity contribution in [2.45, 2.75) is 37.1 Å². The van der Waals surface area contributed by atoms with Gasteiger partial charge in [0.1, 0.15) is 12.7 Å². The zero-order valence-corrected chi connectivity index (χ0v) is 24.4. The van der Waals surface area contributed by atoms with E-state index in [4.69, 9.17) is 49.4 Å². The van der Waals surface area contributed by atoms with Crippen LogP contribution in [0.2, 0.25) is 0 Å². The average molecular weight is 621 g/mol. The van der Waals surface area contributed by atoms with E-state index in [1.807, 2.05) is 12.1 Å². The van der Waals surface area contributed by atoms with Gasteiger partial charge < -0.3 is 23.7 Å². The number of ether oxygens (including phenoxy) is 5. The lowest BCUT2D eigenvalue weighted by atomic mass is 9.81. The zero-order valence-electron chi connectivity index (χ0n) is 24.4. The van der Waals surface area contributed by atoms with Gasteiger partial charge in [-0.2, -0.15) is 9.97 Å². The summed E-state index contributed by atoms with van der Waals surface area (Å²) in [5.74, 6) is -0.525. The van der Waals surface area contributed by atoms with Crippen LogP contribution in [0.4, 0.5) is 0 Å². The topological polar surface area (TPSA) is 195 Å². The smallest absolute Gasteiger partial charge is 0.351 e. The molecule has 0 aliphatic carbocycles. The first kappa shape index (κ1) is 34.5. The minimum atomic E-state index is -1.53. The van der Waals surface area contributed by atoms with Crippen LogP contribution in [0.3, 0.4) is 0 Å². The number of nitrogens with zero attached hydrogens (tertiary/aromatic N) is 4. The monoisotopic (exact) mass is 620 g/mol. The van der Waals surface area contributed by atoms with Crippen LogP contribution >= 0.6 is 0 Å². The van der Waals surface area contributed by atoms with E-state index in [1.54, 1.807) is 48.5 Å². The summed E-state index contributed by atoms with van der Waals surface area (Å²) in [6.45, 7) is -0.499. The quantitative estimate of drug-likeness (QED) is 0.0867. The van der Waals surface area contributed by atoms with Crippen LogP contribution in [0, 0.1) is 0 Å². The van der Waals surface area contributed by atoms with Crippen molar-refractivity contribution >= 4 is 5.97 Å². The van der Waals surface area contributed by atoms with Gasteiger partial charge in [-0.3, -0.25) is 20.8 Å². The fourth-order valence-corrected chi connectivity index (χ4v) is 4.40. The highest BCUT2D eigenvalue weighted by molar-refractivity contribution is 5.78. The molecular formula is C28H36N4O12. The molecule has 0 amide bonds. The lowest BCUT2D eigenvalue weighted by molar-refractivity contribution is -0.527. The van der Waals surface area contributed by atoms with E-state index in [0.717, 1.165) is 0 Å². The number of carbonyl (C=O) groups excluding carboxylic acids is 1. The summed E-state index contributed by atoms with van der Waals surface area (Å²) >= 11 is 0. The Morgan fingerprint density at radius 2 is 1.41 bits per heavy atom. The van der Waals surface area contributed by atoms with Crippen molar-refractivity contribution in [1.82, 2.24) is 20.7 Å². The number of hydrogen-bond donors (Lipinski definition) is 4. The van der Waals surface area contributed by atoms with Crippen LogP contribution < -0.4 is 14.2 Å². The number of benzene rings is 2. The standard InChI is InChI=1S/C28H36N4O12/c1-38-23-18-24(39-2)30-27(29-23)43-25(26(33)41-17-11-10-16-22(44-32(36)37)19-42-31(34)35)28(40-3,20-12-6-4-7-13-20)21-14-8-5-9-15-21/h4-9,12-15,18,22,25,34-37H,10-11,16-17,19H2,1-3H3/t22?,25-/m1/s1. The van der Waals surface area contributed by atoms with Crippen LogP contribution in [0.5, 0.6) is 17.8 Å². The minimum absolute atomic E-state index is 0.0774. The number of rotatable bonds is 19. The average Bonchev–Trinajstić information content (AvgIpc) is 3.03. The molecule has 2 atom stereocenters. The summed E-state index contributed by atoms with van der Waals surface area (Å²) < 4.78 is 28.5. The first-order chi connectivity index (χ1) is 21.2. The maximum absolute atomic E-state index is 13.9. The number of esters is 1. The molecule has 3 rings (SSSR count). The van der Waals surface area contributed by atoms with E-state index in [2.05, 4.69) is 14.8 Å². The van der Waals surface area contributed by atoms with Gasteiger partial charge in [-0.1, -0.05) is 60.7 Å². The Kier molecular flexibility index (Phi) is 13.6. The van der Waals surface area contributed by atoms with E-state index in [-0.39, 0.29) is 30.8 Å². The molecule has 0 aliphatic rings. The van der Waals surface area contributed by atoms with E-state index in [0.29, 0.717) is 24.0 Å². The molecule has 1 unspecified atom stereocenters. The van der Waals surface area contributed by atoms with Crippen LogP contribution in [-0.4, -0.2) is 94.3 Å². The number of carbonyl (C=O) groups is 1. The van der Waals surface area contributed by atoms with Crippen molar-refractivity contribution in [2.24, 2.45) is 0 Å². The maximum Gasteiger partial charge on any atom is 0.351 e. The second-order valence-corrected chi connectivity index (χ2v) is 9.10. The van der Waals surface area contributed by atoms with Gasteiger partial charge in [-0.05, 0) is 30.4 Å². The zero-order chi connectivity index (χ0) is 32.0. The Balaban J connectivity index is 1.90. The predicted molar refractivity (Wildman–Crippen MR) is 147 cm³/mol. The van der Waals surface area contributed by atoms with Crippen molar-refractivity contribution in [2.75, 3.05) is 34.5 Å². The number of hydrogen-bond acceptors (Lipinski definition) is 16. The molecule has 0 spiro atoms.